The van der Waals surface area contributed by atoms with E-state index in [1.54, 1.807) is 6.92 Å². The van der Waals surface area contributed by atoms with Crippen molar-refractivity contribution in [2.45, 2.75) is 40.5 Å². The predicted octanol–water partition coefficient (Wildman–Crippen LogP) is 3.87. The molecule has 0 radical (unpaired) electrons. The number of phosphoric ester groups is 1. The first-order chi connectivity index (χ1) is 11.4. The fourth-order valence-corrected chi connectivity index (χ4v) is 3.13. The molecule has 0 saturated heterocycles. The Kier molecular flexibility index (Phi) is 11.7. The van der Waals surface area contributed by atoms with Crippen molar-refractivity contribution in [3.8, 4) is 0 Å². The van der Waals surface area contributed by atoms with Crippen LogP contribution in [-0.4, -0.2) is 34.5 Å². The SMILES string of the molecule is CC(C)=CCC/C(C)=C/COC/C(C)=C/COP(=O)(O)OP(=O)(O)O. The minimum absolute atomic E-state index is 0.302. The summed E-state index contributed by atoms with van der Waals surface area (Å²) in [6.07, 6.45) is 7.62. The van der Waals surface area contributed by atoms with Gasteiger partial charge in [-0.1, -0.05) is 29.4 Å². The van der Waals surface area contributed by atoms with Crippen molar-refractivity contribution in [3.63, 3.8) is 0 Å². The molecule has 0 aromatic carbocycles. The summed E-state index contributed by atoms with van der Waals surface area (Å²) >= 11 is 0. The predicted molar refractivity (Wildman–Crippen MR) is 95.9 cm³/mol. The van der Waals surface area contributed by atoms with Crippen LogP contribution < -0.4 is 0 Å². The molecule has 0 bridgehead atoms. The molecule has 1 unspecified atom stereocenters. The smallest absolute Gasteiger partial charge is 0.373 e. The lowest BCUT2D eigenvalue weighted by Crippen LogP contribution is -1.99. The molecule has 25 heavy (non-hydrogen) atoms. The minimum Gasteiger partial charge on any atom is -0.373 e. The molecule has 0 rings (SSSR count). The Morgan fingerprint density at radius 2 is 1.52 bits per heavy atom. The van der Waals surface area contributed by atoms with Gasteiger partial charge in [0.05, 0.1) is 19.8 Å². The average molecular weight is 398 g/mol. The largest absolute Gasteiger partial charge is 0.481 e. The Morgan fingerprint density at radius 3 is 2.08 bits per heavy atom. The van der Waals surface area contributed by atoms with Crippen molar-refractivity contribution in [3.05, 3.63) is 34.9 Å². The van der Waals surface area contributed by atoms with Crippen LogP contribution >= 0.6 is 15.6 Å². The molecule has 0 spiro atoms. The molecule has 0 aliphatic heterocycles. The summed E-state index contributed by atoms with van der Waals surface area (Å²) in [5.74, 6) is 0. The van der Waals surface area contributed by atoms with Crippen molar-refractivity contribution >= 4 is 15.6 Å². The summed E-state index contributed by atoms with van der Waals surface area (Å²) in [5, 5.41) is 0. The van der Waals surface area contributed by atoms with Crippen LogP contribution in [0.1, 0.15) is 40.5 Å². The average Bonchev–Trinajstić information content (AvgIpc) is 2.40. The fourth-order valence-electron chi connectivity index (χ4n) is 1.60. The van der Waals surface area contributed by atoms with Gasteiger partial charge in [0, 0.05) is 0 Å². The summed E-state index contributed by atoms with van der Waals surface area (Å²) in [6, 6.07) is 0. The van der Waals surface area contributed by atoms with Gasteiger partial charge >= 0.3 is 15.6 Å². The van der Waals surface area contributed by atoms with Gasteiger partial charge in [0.1, 0.15) is 0 Å². The Balaban J connectivity index is 4.08. The van der Waals surface area contributed by atoms with E-state index in [9.17, 15) is 9.13 Å². The van der Waals surface area contributed by atoms with Crippen LogP contribution in [0.3, 0.4) is 0 Å². The molecule has 10 heteroatoms. The standard InChI is InChI=1S/C15H28O8P2/c1-13(2)6-5-7-14(3)8-10-21-12-15(4)9-11-22-25(19,20)23-24(16,17)18/h6,8-9H,5,7,10-12H2,1-4H3,(H,19,20)(H2,16,17,18)/b14-8+,15-9+. The molecule has 3 N–H and O–H groups in total. The Labute approximate surface area is 149 Å². The highest BCUT2D eigenvalue weighted by Gasteiger charge is 2.31. The fraction of sp³-hybridized carbons (Fsp3) is 0.600. The van der Waals surface area contributed by atoms with Gasteiger partial charge in [-0.2, -0.15) is 4.31 Å². The molecule has 0 heterocycles. The highest BCUT2D eigenvalue weighted by Crippen LogP contribution is 2.57. The minimum atomic E-state index is -5.09. The van der Waals surface area contributed by atoms with E-state index in [4.69, 9.17) is 19.4 Å². The van der Waals surface area contributed by atoms with Crippen LogP contribution in [0.2, 0.25) is 0 Å². The van der Waals surface area contributed by atoms with Gasteiger partial charge in [-0.15, -0.1) is 0 Å². The summed E-state index contributed by atoms with van der Waals surface area (Å²) in [7, 11) is -9.89. The first-order valence-electron chi connectivity index (χ1n) is 7.68. The molecular formula is C15H28O8P2. The van der Waals surface area contributed by atoms with Gasteiger partial charge in [-0.25, -0.2) is 9.13 Å². The van der Waals surface area contributed by atoms with Crippen LogP contribution in [0, 0.1) is 0 Å². The number of ether oxygens (including phenoxy) is 1. The lowest BCUT2D eigenvalue weighted by molar-refractivity contribution is 0.181. The van der Waals surface area contributed by atoms with Crippen molar-refractivity contribution < 1.29 is 37.4 Å². The Hall–Kier alpha value is -0.560. The first-order valence-corrected chi connectivity index (χ1v) is 10.7. The van der Waals surface area contributed by atoms with E-state index < -0.39 is 15.6 Å². The van der Waals surface area contributed by atoms with E-state index in [0.717, 1.165) is 18.4 Å². The Morgan fingerprint density at radius 1 is 0.920 bits per heavy atom. The maximum absolute atomic E-state index is 11.2. The third kappa shape index (κ3) is 16.6. The summed E-state index contributed by atoms with van der Waals surface area (Å²) in [5.41, 5.74) is 3.27. The number of hydrogen-bond acceptors (Lipinski definition) is 5. The second-order valence-corrected chi connectivity index (χ2v) is 8.60. The van der Waals surface area contributed by atoms with Crippen molar-refractivity contribution in [2.75, 3.05) is 19.8 Å². The molecule has 8 nitrogen and oxygen atoms in total. The van der Waals surface area contributed by atoms with Gasteiger partial charge < -0.3 is 19.4 Å². The molecule has 0 amide bonds. The van der Waals surface area contributed by atoms with Crippen LogP contribution in [0.4, 0.5) is 0 Å². The lowest BCUT2D eigenvalue weighted by atomic mass is 10.1. The molecule has 0 saturated carbocycles. The van der Waals surface area contributed by atoms with Crippen LogP contribution in [0.5, 0.6) is 0 Å². The van der Waals surface area contributed by atoms with E-state index in [0.29, 0.717) is 13.2 Å². The molecule has 146 valence electrons. The van der Waals surface area contributed by atoms with Crippen LogP contribution in [0.15, 0.2) is 34.9 Å². The van der Waals surface area contributed by atoms with Gasteiger partial charge in [0.25, 0.3) is 0 Å². The number of rotatable bonds is 12. The zero-order valence-electron chi connectivity index (χ0n) is 15.0. The second-order valence-electron chi connectivity index (χ2n) is 5.77. The molecule has 0 fully saturated rings. The normalized spacial score (nSPS) is 15.8. The highest BCUT2D eigenvalue weighted by atomic mass is 31.3. The topological polar surface area (TPSA) is 123 Å². The monoisotopic (exact) mass is 398 g/mol. The number of allylic oxidation sites excluding steroid dienone is 3. The highest BCUT2D eigenvalue weighted by molar-refractivity contribution is 7.60. The van der Waals surface area contributed by atoms with Gasteiger partial charge in [0.2, 0.25) is 0 Å². The zero-order chi connectivity index (χ0) is 19.5. The van der Waals surface area contributed by atoms with Crippen molar-refractivity contribution in [2.24, 2.45) is 0 Å². The first kappa shape index (κ1) is 24.4. The van der Waals surface area contributed by atoms with Gasteiger partial charge in [-0.05, 0) is 46.1 Å². The van der Waals surface area contributed by atoms with Crippen LogP contribution in [0.25, 0.3) is 0 Å². The van der Waals surface area contributed by atoms with Crippen molar-refractivity contribution in [1.29, 1.82) is 0 Å². The van der Waals surface area contributed by atoms with Gasteiger partial charge in [-0.3, -0.25) is 4.52 Å². The van der Waals surface area contributed by atoms with Crippen molar-refractivity contribution in [1.82, 2.24) is 0 Å². The van der Waals surface area contributed by atoms with E-state index >= 15 is 0 Å². The lowest BCUT2D eigenvalue weighted by Gasteiger charge is -2.11. The van der Waals surface area contributed by atoms with Crippen LogP contribution in [-0.2, 0) is 22.7 Å². The maximum atomic E-state index is 11.2. The second kappa shape index (κ2) is 11.9. The quantitative estimate of drug-likeness (QED) is 0.257. The zero-order valence-corrected chi connectivity index (χ0v) is 16.8. The molecule has 0 aliphatic rings. The molecular weight excluding hydrogens is 370 g/mol. The van der Waals surface area contributed by atoms with E-state index in [-0.39, 0.29) is 6.61 Å². The molecule has 0 aromatic rings. The number of phosphoric acid groups is 2. The van der Waals surface area contributed by atoms with Gasteiger partial charge in [0.15, 0.2) is 0 Å². The number of hydrogen-bond donors (Lipinski definition) is 3. The third-order valence-corrected chi connectivity index (χ3v) is 5.00. The maximum Gasteiger partial charge on any atom is 0.481 e. The third-order valence-electron chi connectivity index (χ3n) is 2.85. The Bertz CT molecular complexity index is 584. The molecule has 0 aromatic heterocycles. The van der Waals surface area contributed by atoms with E-state index in [1.165, 1.54) is 17.2 Å². The van der Waals surface area contributed by atoms with E-state index in [2.05, 4.69) is 28.8 Å². The van der Waals surface area contributed by atoms with E-state index in [1.807, 2.05) is 13.0 Å². The summed E-state index contributed by atoms with van der Waals surface area (Å²) in [4.78, 5) is 26.0. The molecule has 1 atom stereocenters. The summed E-state index contributed by atoms with van der Waals surface area (Å²) < 4.78 is 35.3. The summed E-state index contributed by atoms with van der Waals surface area (Å²) in [6.45, 7) is 8.33. The molecule has 0 aliphatic carbocycles.